The fraction of sp³-hybridized carbons (Fsp3) is 0.769. The normalized spacial score (nSPS) is 13.0. The Labute approximate surface area is 242 Å². The van der Waals surface area contributed by atoms with Crippen molar-refractivity contribution in [2.45, 2.75) is 93.2 Å². The zero-order chi connectivity index (χ0) is 29.6. The van der Waals surface area contributed by atoms with Crippen molar-refractivity contribution in [2.24, 2.45) is 0 Å². The number of carbonyl (C=O) groups is 2. The van der Waals surface area contributed by atoms with Gasteiger partial charge in [0.25, 0.3) is 12.3 Å². The Kier molecular flexibility index (Phi) is 22.0. The number of hydrogen-bond acceptors (Lipinski definition) is 11. The van der Waals surface area contributed by atoms with Crippen LogP contribution in [0.2, 0.25) is 12.1 Å². The van der Waals surface area contributed by atoms with Crippen LogP contribution in [0.15, 0.2) is 23.3 Å². The van der Waals surface area contributed by atoms with E-state index in [9.17, 15) is 9.59 Å². The minimum absolute atomic E-state index is 0.366. The van der Waals surface area contributed by atoms with Gasteiger partial charge in [0, 0.05) is 62.9 Å². The van der Waals surface area contributed by atoms with Gasteiger partial charge >= 0.3 is 29.5 Å². The molecule has 0 saturated heterocycles. The van der Waals surface area contributed by atoms with E-state index < -0.39 is 29.5 Å². The summed E-state index contributed by atoms with van der Waals surface area (Å²) < 4.78 is 45.1. The lowest BCUT2D eigenvalue weighted by atomic mass is 10.2. The number of carbonyl (C=O) groups excluding carboxylic acids is 2. The summed E-state index contributed by atoms with van der Waals surface area (Å²) in [7, 11) is -5.40. The molecule has 0 unspecified atom stereocenters. The molecule has 0 bridgehead atoms. The summed E-state index contributed by atoms with van der Waals surface area (Å²) >= 11 is 0.366. The second kappa shape index (κ2) is 22.6. The predicted octanol–water partition coefficient (Wildman–Crippen LogP) is 6.19. The SMILES string of the molecule is CCO[Si](CCCC=C(C)C(=O)OSOC(=O)C(C)=CCCC[Si](OCC)(OCC)OCC)(OCC)OCC. The van der Waals surface area contributed by atoms with Crippen molar-refractivity contribution in [2.75, 3.05) is 39.6 Å². The van der Waals surface area contributed by atoms with Gasteiger partial charge in [0.1, 0.15) is 0 Å². The van der Waals surface area contributed by atoms with Crippen molar-refractivity contribution in [3.05, 3.63) is 23.3 Å². The van der Waals surface area contributed by atoms with Gasteiger partial charge in [-0.15, -0.1) is 0 Å². The summed E-state index contributed by atoms with van der Waals surface area (Å²) in [4.78, 5) is 24.5. The lowest BCUT2D eigenvalue weighted by molar-refractivity contribution is -0.131. The summed E-state index contributed by atoms with van der Waals surface area (Å²) in [5.41, 5.74) is 0.848. The van der Waals surface area contributed by atoms with Gasteiger partial charge in [-0.25, -0.2) is 9.59 Å². The zero-order valence-corrected chi connectivity index (χ0v) is 27.9. The third-order valence-corrected chi connectivity index (χ3v) is 12.1. The van der Waals surface area contributed by atoms with E-state index in [0.29, 0.717) is 88.0 Å². The van der Waals surface area contributed by atoms with E-state index in [-0.39, 0.29) is 0 Å². The maximum Gasteiger partial charge on any atom is 0.500 e. The Morgan fingerprint density at radius 1 is 0.564 bits per heavy atom. The molecule has 0 heterocycles. The first kappa shape index (κ1) is 38.0. The van der Waals surface area contributed by atoms with E-state index in [2.05, 4.69) is 0 Å². The summed E-state index contributed by atoms with van der Waals surface area (Å²) in [5, 5.41) is 0. The number of unbranched alkanes of at least 4 members (excludes halogenated alkanes) is 2. The van der Waals surface area contributed by atoms with E-state index in [4.69, 9.17) is 34.9 Å². The van der Waals surface area contributed by atoms with E-state index in [1.807, 2.05) is 41.5 Å². The van der Waals surface area contributed by atoms with Gasteiger partial charge in [0.05, 0.1) is 0 Å². The highest BCUT2D eigenvalue weighted by Gasteiger charge is 2.40. The summed E-state index contributed by atoms with van der Waals surface area (Å²) in [5.74, 6) is -1.14. The Morgan fingerprint density at radius 3 is 1.10 bits per heavy atom. The van der Waals surface area contributed by atoms with Gasteiger partial charge in [0.15, 0.2) is 0 Å². The van der Waals surface area contributed by atoms with E-state index in [0.717, 1.165) is 12.8 Å². The van der Waals surface area contributed by atoms with Crippen molar-refractivity contribution in [3.63, 3.8) is 0 Å². The highest BCUT2D eigenvalue weighted by Crippen LogP contribution is 2.22. The molecule has 0 aliphatic carbocycles. The van der Waals surface area contributed by atoms with Crippen molar-refractivity contribution < 1.29 is 44.5 Å². The van der Waals surface area contributed by atoms with Gasteiger partial charge in [-0.2, -0.15) is 0 Å². The highest BCUT2D eigenvalue weighted by molar-refractivity contribution is 7.90. The molecular formula is C26H50O10SSi2. The van der Waals surface area contributed by atoms with Gasteiger partial charge in [-0.05, 0) is 81.1 Å². The molecule has 0 aliphatic heterocycles. The minimum Gasteiger partial charge on any atom is -0.374 e. The molecule has 0 amide bonds. The van der Waals surface area contributed by atoms with Crippen molar-refractivity contribution in [1.82, 2.24) is 0 Å². The van der Waals surface area contributed by atoms with Crippen molar-refractivity contribution in [1.29, 1.82) is 0 Å². The summed E-state index contributed by atoms with van der Waals surface area (Å²) in [6.45, 7) is 18.0. The standard InChI is InChI=1S/C26H50O10SSi2/c1-9-29-38(30-10-2,31-11-3)21-17-15-19-23(7)25(27)35-37-36-26(28)24(8)20-16-18-22-39(32-12-4,33-13-5)34-14-6/h19-20H,9-18,21-22H2,1-8H3. The molecule has 0 atom stereocenters. The number of allylic oxidation sites excluding steroid dienone is 2. The quantitative estimate of drug-likeness (QED) is 0.0540. The van der Waals surface area contributed by atoms with Crippen LogP contribution in [-0.2, 0) is 44.5 Å². The molecular weight excluding hydrogens is 561 g/mol. The molecule has 0 aromatic carbocycles. The molecule has 0 aromatic rings. The summed E-state index contributed by atoms with van der Waals surface area (Å²) in [6.07, 6.45) is 6.33. The average Bonchev–Trinajstić information content (AvgIpc) is 2.89. The van der Waals surface area contributed by atoms with Crippen LogP contribution in [0.4, 0.5) is 0 Å². The van der Waals surface area contributed by atoms with Crippen LogP contribution in [0.25, 0.3) is 0 Å². The van der Waals surface area contributed by atoms with Gasteiger partial charge in [0.2, 0.25) is 0 Å². The number of hydrogen-bond donors (Lipinski definition) is 0. The molecule has 0 rings (SSSR count). The van der Waals surface area contributed by atoms with Crippen molar-refractivity contribution in [3.8, 4) is 0 Å². The highest BCUT2D eigenvalue weighted by atomic mass is 32.2. The maximum atomic E-state index is 12.2. The molecule has 228 valence electrons. The van der Waals surface area contributed by atoms with Crippen LogP contribution >= 0.6 is 12.3 Å². The molecule has 13 heteroatoms. The van der Waals surface area contributed by atoms with Gasteiger partial charge in [-0.3, -0.25) is 0 Å². The largest absolute Gasteiger partial charge is 0.500 e. The zero-order valence-electron chi connectivity index (χ0n) is 25.1. The third kappa shape index (κ3) is 16.1. The van der Waals surface area contributed by atoms with E-state index in [1.165, 1.54) is 0 Å². The average molecular weight is 611 g/mol. The first-order valence-corrected chi connectivity index (χ1v) is 18.5. The van der Waals surface area contributed by atoms with Crippen LogP contribution in [0.3, 0.4) is 0 Å². The molecule has 39 heavy (non-hydrogen) atoms. The maximum absolute atomic E-state index is 12.2. The Hall–Kier alpha value is -1.04. The first-order valence-electron chi connectivity index (χ1n) is 14.0. The first-order chi connectivity index (χ1) is 18.7. The molecule has 0 aromatic heterocycles. The molecule has 0 fully saturated rings. The molecule has 10 nitrogen and oxygen atoms in total. The molecule has 0 radical (unpaired) electrons. The Bertz CT molecular complexity index is 654. The number of rotatable bonds is 24. The van der Waals surface area contributed by atoms with Crippen LogP contribution in [0.1, 0.15) is 81.1 Å². The van der Waals surface area contributed by atoms with Crippen molar-refractivity contribution >= 4 is 41.9 Å². The topological polar surface area (TPSA) is 108 Å². The van der Waals surface area contributed by atoms with Gasteiger partial charge < -0.3 is 34.9 Å². The van der Waals surface area contributed by atoms with Crippen LogP contribution in [-0.4, -0.2) is 69.2 Å². The Balaban J connectivity index is 4.57. The van der Waals surface area contributed by atoms with Crippen LogP contribution < -0.4 is 0 Å². The molecule has 0 aliphatic rings. The Morgan fingerprint density at radius 2 is 0.846 bits per heavy atom. The summed E-state index contributed by atoms with van der Waals surface area (Å²) in [6, 6.07) is 1.32. The molecule has 0 N–H and O–H groups in total. The van der Waals surface area contributed by atoms with E-state index >= 15 is 0 Å². The predicted molar refractivity (Wildman–Crippen MR) is 157 cm³/mol. The van der Waals surface area contributed by atoms with E-state index in [1.54, 1.807) is 26.0 Å². The lowest BCUT2D eigenvalue weighted by Crippen LogP contribution is -2.45. The minimum atomic E-state index is -2.70. The van der Waals surface area contributed by atoms with Crippen LogP contribution in [0, 0.1) is 0 Å². The third-order valence-electron chi connectivity index (χ3n) is 5.32. The monoisotopic (exact) mass is 610 g/mol. The smallest absolute Gasteiger partial charge is 0.374 e. The second-order valence-electron chi connectivity index (χ2n) is 8.33. The fourth-order valence-corrected chi connectivity index (χ4v) is 9.35. The fourth-order valence-electron chi connectivity index (χ4n) is 3.65. The molecule has 0 spiro atoms. The molecule has 0 saturated carbocycles. The second-order valence-corrected chi connectivity index (χ2v) is 14.3. The van der Waals surface area contributed by atoms with Crippen LogP contribution in [0.5, 0.6) is 0 Å². The van der Waals surface area contributed by atoms with Gasteiger partial charge in [-0.1, -0.05) is 12.2 Å². The lowest BCUT2D eigenvalue weighted by Gasteiger charge is -2.28.